The first-order valence-electron chi connectivity index (χ1n) is 11.6. The van der Waals surface area contributed by atoms with E-state index in [1.807, 2.05) is 41.9 Å². The third-order valence-corrected chi connectivity index (χ3v) is 6.51. The maximum Gasteiger partial charge on any atom is 0.275 e. The zero-order valence-corrected chi connectivity index (χ0v) is 19.1. The maximum atomic E-state index is 13.7. The lowest BCUT2D eigenvalue weighted by atomic mass is 10.0. The Hall–Kier alpha value is -3.82. The van der Waals surface area contributed by atoms with Gasteiger partial charge in [0.2, 0.25) is 11.7 Å². The van der Waals surface area contributed by atoms with Crippen molar-refractivity contribution in [2.75, 3.05) is 18.5 Å². The quantitative estimate of drug-likeness (QED) is 0.474. The summed E-state index contributed by atoms with van der Waals surface area (Å²) in [6.45, 7) is 3.64. The summed E-state index contributed by atoms with van der Waals surface area (Å²) < 4.78 is 28.9. The van der Waals surface area contributed by atoms with Crippen LogP contribution in [0.4, 0.5) is 10.3 Å². The highest BCUT2D eigenvalue weighted by atomic mass is 19.1. The Morgan fingerprint density at radius 2 is 1.71 bits per heavy atom. The molecule has 9 heteroatoms. The van der Waals surface area contributed by atoms with E-state index in [2.05, 4.69) is 10.3 Å². The van der Waals surface area contributed by atoms with Gasteiger partial charge in [-0.2, -0.15) is 0 Å². The monoisotopic (exact) mass is 473 g/mol. The van der Waals surface area contributed by atoms with Gasteiger partial charge in [0.25, 0.3) is 5.56 Å². The van der Waals surface area contributed by atoms with E-state index in [0.29, 0.717) is 48.2 Å². The fourth-order valence-corrected chi connectivity index (χ4v) is 4.81. The van der Waals surface area contributed by atoms with Crippen molar-refractivity contribution in [1.29, 1.82) is 0 Å². The van der Waals surface area contributed by atoms with Crippen LogP contribution in [0.25, 0.3) is 22.5 Å². The van der Waals surface area contributed by atoms with Crippen molar-refractivity contribution in [2.24, 2.45) is 0 Å². The van der Waals surface area contributed by atoms with Crippen molar-refractivity contribution in [3.8, 4) is 22.5 Å². The molecular formula is C26H24FN5O3. The number of aromatic nitrogens is 4. The molecule has 0 amide bonds. The van der Waals surface area contributed by atoms with Crippen molar-refractivity contribution in [1.82, 2.24) is 19.3 Å². The molecule has 1 spiro atoms. The van der Waals surface area contributed by atoms with E-state index >= 15 is 0 Å². The van der Waals surface area contributed by atoms with E-state index in [1.165, 1.54) is 12.1 Å². The van der Waals surface area contributed by atoms with Crippen LogP contribution in [-0.2, 0) is 22.6 Å². The van der Waals surface area contributed by atoms with E-state index in [-0.39, 0.29) is 24.0 Å². The van der Waals surface area contributed by atoms with Crippen molar-refractivity contribution in [3.63, 3.8) is 0 Å². The zero-order valence-electron chi connectivity index (χ0n) is 19.1. The molecule has 2 aliphatic rings. The summed E-state index contributed by atoms with van der Waals surface area (Å²) in [5.74, 6) is -0.777. The first-order chi connectivity index (χ1) is 17.0. The smallest absolute Gasteiger partial charge is 0.275 e. The first kappa shape index (κ1) is 21.7. The van der Waals surface area contributed by atoms with Crippen LogP contribution < -0.4 is 10.9 Å². The predicted octanol–water partition coefficient (Wildman–Crippen LogP) is 3.84. The normalized spacial score (nSPS) is 17.0. The number of ether oxygens (including phenoxy) is 2. The van der Waals surface area contributed by atoms with Crippen LogP contribution in [0.1, 0.15) is 18.5 Å². The lowest BCUT2D eigenvalue weighted by Crippen LogP contribution is -2.34. The number of rotatable bonds is 5. The van der Waals surface area contributed by atoms with E-state index in [0.717, 1.165) is 5.56 Å². The van der Waals surface area contributed by atoms with Gasteiger partial charge < -0.3 is 14.8 Å². The van der Waals surface area contributed by atoms with Crippen molar-refractivity contribution < 1.29 is 13.9 Å². The fraction of sp³-hybridized carbons (Fsp3) is 0.269. The van der Waals surface area contributed by atoms with Crippen LogP contribution in [0, 0.1) is 5.82 Å². The van der Waals surface area contributed by atoms with Crippen LogP contribution >= 0.6 is 0 Å². The molecule has 0 radical (unpaired) electrons. The molecule has 4 aromatic rings. The van der Waals surface area contributed by atoms with Crippen LogP contribution in [-0.4, -0.2) is 38.3 Å². The second-order valence-electron chi connectivity index (χ2n) is 8.80. The molecule has 2 aliphatic heterocycles. The Morgan fingerprint density at radius 3 is 2.46 bits per heavy atom. The van der Waals surface area contributed by atoms with Gasteiger partial charge in [-0.25, -0.2) is 19.0 Å². The highest BCUT2D eigenvalue weighted by Crippen LogP contribution is 2.36. The molecule has 0 saturated carbocycles. The van der Waals surface area contributed by atoms with E-state index < -0.39 is 5.79 Å². The number of fused-ring (bicyclic) bond motifs is 1. The summed E-state index contributed by atoms with van der Waals surface area (Å²) in [4.78, 5) is 22.8. The average molecular weight is 474 g/mol. The molecule has 1 fully saturated rings. The van der Waals surface area contributed by atoms with E-state index in [9.17, 15) is 9.18 Å². The van der Waals surface area contributed by atoms with Gasteiger partial charge in [-0.05, 0) is 36.2 Å². The Bertz CT molecular complexity index is 1430. The molecule has 0 aliphatic carbocycles. The molecule has 35 heavy (non-hydrogen) atoms. The average Bonchev–Trinajstić information content (AvgIpc) is 3.56. The predicted molar refractivity (Wildman–Crippen MR) is 128 cm³/mol. The second kappa shape index (κ2) is 8.44. The van der Waals surface area contributed by atoms with Crippen molar-refractivity contribution in [3.05, 3.63) is 88.6 Å². The Morgan fingerprint density at radius 1 is 1.00 bits per heavy atom. The Labute approximate surface area is 201 Å². The number of nitrogens with zero attached hydrogens (tertiary/aromatic N) is 4. The second-order valence-corrected chi connectivity index (χ2v) is 8.80. The molecule has 1 atom stereocenters. The van der Waals surface area contributed by atoms with Gasteiger partial charge in [0.15, 0.2) is 0 Å². The van der Waals surface area contributed by atoms with Gasteiger partial charge in [0.05, 0.1) is 49.3 Å². The van der Waals surface area contributed by atoms with E-state index in [4.69, 9.17) is 14.5 Å². The number of benzene rings is 2. The van der Waals surface area contributed by atoms with Crippen molar-refractivity contribution in [2.45, 2.75) is 31.8 Å². The van der Waals surface area contributed by atoms with Gasteiger partial charge in [-0.3, -0.25) is 9.48 Å². The minimum atomic E-state index is -0.856. The summed E-state index contributed by atoms with van der Waals surface area (Å²) in [6, 6.07) is 17.7. The van der Waals surface area contributed by atoms with Gasteiger partial charge in [-0.1, -0.05) is 42.5 Å². The third-order valence-electron chi connectivity index (χ3n) is 6.51. The summed E-state index contributed by atoms with van der Waals surface area (Å²) >= 11 is 0. The van der Waals surface area contributed by atoms with Gasteiger partial charge in [-0.15, -0.1) is 0 Å². The minimum absolute atomic E-state index is 0.0194. The minimum Gasteiger partial charge on any atom is -0.348 e. The van der Waals surface area contributed by atoms with Gasteiger partial charge in [0, 0.05) is 6.20 Å². The first-order valence-corrected chi connectivity index (χ1v) is 11.6. The Kier molecular flexibility index (Phi) is 5.23. The van der Waals surface area contributed by atoms with Crippen LogP contribution in [0.5, 0.6) is 0 Å². The van der Waals surface area contributed by atoms with E-state index in [1.54, 1.807) is 29.1 Å². The van der Waals surface area contributed by atoms with Crippen LogP contribution in [0.2, 0.25) is 0 Å². The number of anilines is 1. The molecule has 178 valence electrons. The number of nitrogens with one attached hydrogen (secondary N) is 1. The number of halogens is 1. The van der Waals surface area contributed by atoms with Crippen LogP contribution in [0.15, 0.2) is 71.7 Å². The topological polar surface area (TPSA) is 83.2 Å². The summed E-state index contributed by atoms with van der Waals surface area (Å²) in [6.07, 6.45) is 1.67. The lowest BCUT2D eigenvalue weighted by Gasteiger charge is -2.20. The van der Waals surface area contributed by atoms with Crippen LogP contribution in [0.3, 0.4) is 0 Å². The number of hydrogen-bond donors (Lipinski definition) is 1. The van der Waals surface area contributed by atoms with Gasteiger partial charge >= 0.3 is 0 Å². The molecule has 4 heterocycles. The fourth-order valence-electron chi connectivity index (χ4n) is 4.81. The molecule has 0 bridgehead atoms. The standard InChI is InChI=1S/C26H24FN5O3/c1-17(18-5-3-2-4-6-18)29-25-28-12-11-21(30-25)23-22(19-7-9-20(27)10-8-19)24(33)32-16-26(15-31(23)32)34-13-14-35-26/h2-12,17H,13-16H2,1H3,(H,28,29,30)/t17-/m0/s1. The largest absolute Gasteiger partial charge is 0.348 e. The molecule has 0 unspecified atom stereocenters. The molecule has 1 saturated heterocycles. The van der Waals surface area contributed by atoms with Crippen molar-refractivity contribution >= 4 is 5.95 Å². The molecule has 1 N–H and O–H groups in total. The molecular weight excluding hydrogens is 449 g/mol. The highest BCUT2D eigenvalue weighted by Gasteiger charge is 2.46. The molecule has 2 aromatic carbocycles. The zero-order chi connectivity index (χ0) is 24.0. The lowest BCUT2D eigenvalue weighted by molar-refractivity contribution is -0.158. The number of hydrogen-bond acceptors (Lipinski definition) is 6. The molecule has 6 rings (SSSR count). The summed E-state index contributed by atoms with van der Waals surface area (Å²) in [5.41, 5.74) is 3.18. The molecule has 8 nitrogen and oxygen atoms in total. The third kappa shape index (κ3) is 3.82. The molecule has 2 aromatic heterocycles. The maximum absolute atomic E-state index is 13.7. The summed E-state index contributed by atoms with van der Waals surface area (Å²) in [7, 11) is 0. The van der Waals surface area contributed by atoms with Gasteiger partial charge in [0.1, 0.15) is 5.82 Å². The summed E-state index contributed by atoms with van der Waals surface area (Å²) in [5, 5.41) is 3.34. The SMILES string of the molecule is C[C@H](Nc1nccc(-c2c(-c3ccc(F)cc3)c(=O)n3n2CC2(C3)OCCO2)n1)c1ccccc1. The highest BCUT2D eigenvalue weighted by molar-refractivity contribution is 5.79. The Balaban J connectivity index is 1.45.